The molecular formula is C15H24O2. The van der Waals surface area contributed by atoms with Crippen LogP contribution in [0.25, 0.3) is 0 Å². The summed E-state index contributed by atoms with van der Waals surface area (Å²) in [5.41, 5.74) is 2.54. The lowest BCUT2D eigenvalue weighted by Gasteiger charge is -2.16. The lowest BCUT2D eigenvalue weighted by atomic mass is 9.93. The van der Waals surface area contributed by atoms with Gasteiger partial charge in [0.2, 0.25) is 0 Å². The highest BCUT2D eigenvalue weighted by Gasteiger charge is 2.11. The Morgan fingerprint density at radius 3 is 2.47 bits per heavy atom. The van der Waals surface area contributed by atoms with Gasteiger partial charge in [0.05, 0.1) is 7.11 Å². The number of aliphatic hydroxyl groups is 1. The molecule has 2 heteroatoms. The van der Waals surface area contributed by atoms with Gasteiger partial charge in [0.25, 0.3) is 0 Å². The van der Waals surface area contributed by atoms with E-state index in [-0.39, 0.29) is 6.61 Å². The Kier molecular flexibility index (Phi) is 5.49. The molecular weight excluding hydrogens is 212 g/mol. The molecule has 2 nitrogen and oxygen atoms in total. The molecule has 1 N–H and O–H groups in total. The molecule has 17 heavy (non-hydrogen) atoms. The van der Waals surface area contributed by atoms with Crippen molar-refractivity contribution >= 4 is 0 Å². The molecule has 0 heterocycles. The summed E-state index contributed by atoms with van der Waals surface area (Å²) in [6.45, 7) is 6.73. The number of aliphatic hydroxyl groups excluding tert-OH is 1. The van der Waals surface area contributed by atoms with Crippen molar-refractivity contribution in [2.75, 3.05) is 13.7 Å². The van der Waals surface area contributed by atoms with Crippen molar-refractivity contribution in [2.24, 2.45) is 5.92 Å². The van der Waals surface area contributed by atoms with Crippen molar-refractivity contribution in [1.82, 2.24) is 0 Å². The molecule has 0 radical (unpaired) electrons. The summed E-state index contributed by atoms with van der Waals surface area (Å²) >= 11 is 0. The van der Waals surface area contributed by atoms with E-state index in [0.29, 0.717) is 11.8 Å². The molecule has 0 fully saturated rings. The first-order chi connectivity index (χ1) is 8.12. The molecule has 1 rings (SSSR count). The third-order valence-electron chi connectivity index (χ3n) is 3.28. The first-order valence-corrected chi connectivity index (χ1v) is 6.40. The van der Waals surface area contributed by atoms with E-state index in [0.717, 1.165) is 18.6 Å². The fourth-order valence-electron chi connectivity index (χ4n) is 2.03. The summed E-state index contributed by atoms with van der Waals surface area (Å²) in [7, 11) is 1.71. The Bertz CT molecular complexity index is 341. The van der Waals surface area contributed by atoms with Gasteiger partial charge in [-0.3, -0.25) is 0 Å². The molecule has 0 saturated carbocycles. The van der Waals surface area contributed by atoms with E-state index in [1.807, 2.05) is 6.07 Å². The van der Waals surface area contributed by atoms with Crippen molar-refractivity contribution in [1.29, 1.82) is 0 Å². The molecule has 0 amide bonds. The molecule has 0 aliphatic heterocycles. The average molecular weight is 236 g/mol. The molecule has 1 aromatic carbocycles. The zero-order valence-electron chi connectivity index (χ0n) is 11.4. The fourth-order valence-corrected chi connectivity index (χ4v) is 2.03. The summed E-state index contributed by atoms with van der Waals surface area (Å²) < 4.78 is 5.37. The number of rotatable bonds is 6. The van der Waals surface area contributed by atoms with Crippen molar-refractivity contribution in [3.63, 3.8) is 0 Å². The van der Waals surface area contributed by atoms with Crippen LogP contribution in [-0.4, -0.2) is 18.8 Å². The van der Waals surface area contributed by atoms with E-state index in [9.17, 15) is 5.11 Å². The van der Waals surface area contributed by atoms with Crippen LogP contribution in [0, 0.1) is 5.92 Å². The molecule has 0 bridgehead atoms. The van der Waals surface area contributed by atoms with Gasteiger partial charge in [-0.25, -0.2) is 0 Å². The van der Waals surface area contributed by atoms with Gasteiger partial charge >= 0.3 is 0 Å². The minimum Gasteiger partial charge on any atom is -0.496 e. The van der Waals surface area contributed by atoms with Gasteiger partial charge in [-0.15, -0.1) is 0 Å². The molecule has 0 aliphatic carbocycles. The van der Waals surface area contributed by atoms with E-state index >= 15 is 0 Å². The zero-order chi connectivity index (χ0) is 12.8. The van der Waals surface area contributed by atoms with Crippen LogP contribution >= 0.6 is 0 Å². The predicted octanol–water partition coefficient (Wildman–Crippen LogP) is 3.38. The number of hydrogen-bond acceptors (Lipinski definition) is 2. The third kappa shape index (κ3) is 3.74. The molecule has 0 spiro atoms. The van der Waals surface area contributed by atoms with Crippen LogP contribution in [0.15, 0.2) is 18.2 Å². The summed E-state index contributed by atoms with van der Waals surface area (Å²) in [4.78, 5) is 0. The van der Waals surface area contributed by atoms with Crippen LogP contribution in [0.2, 0.25) is 0 Å². The van der Waals surface area contributed by atoms with Crippen LogP contribution in [0.3, 0.4) is 0 Å². The van der Waals surface area contributed by atoms with Crippen molar-refractivity contribution in [3.05, 3.63) is 29.3 Å². The predicted molar refractivity (Wildman–Crippen MR) is 71.7 cm³/mol. The standard InChI is InChI=1S/C15H24O2/c1-5-12(10-16)8-13-6-7-15(17-4)14(9-13)11(2)3/h6-7,9,11-12,16H,5,8,10H2,1-4H3. The van der Waals surface area contributed by atoms with Gasteiger partial charge in [0.1, 0.15) is 5.75 Å². The third-order valence-corrected chi connectivity index (χ3v) is 3.28. The number of hydrogen-bond donors (Lipinski definition) is 1. The maximum absolute atomic E-state index is 9.24. The smallest absolute Gasteiger partial charge is 0.122 e. The number of benzene rings is 1. The maximum atomic E-state index is 9.24. The van der Waals surface area contributed by atoms with E-state index in [2.05, 4.69) is 32.9 Å². The first-order valence-electron chi connectivity index (χ1n) is 6.40. The Morgan fingerprint density at radius 1 is 1.29 bits per heavy atom. The molecule has 0 aliphatic rings. The maximum Gasteiger partial charge on any atom is 0.122 e. The highest BCUT2D eigenvalue weighted by Crippen LogP contribution is 2.28. The van der Waals surface area contributed by atoms with Gasteiger partial charge < -0.3 is 9.84 Å². The highest BCUT2D eigenvalue weighted by molar-refractivity contribution is 5.39. The monoisotopic (exact) mass is 236 g/mol. The molecule has 96 valence electrons. The largest absolute Gasteiger partial charge is 0.496 e. The summed E-state index contributed by atoms with van der Waals surface area (Å²) in [6, 6.07) is 6.35. The average Bonchev–Trinajstić information content (AvgIpc) is 2.35. The summed E-state index contributed by atoms with van der Waals surface area (Å²) in [5.74, 6) is 1.78. The number of ether oxygens (including phenoxy) is 1. The lowest BCUT2D eigenvalue weighted by Crippen LogP contribution is -2.08. The minimum absolute atomic E-state index is 0.263. The van der Waals surface area contributed by atoms with Gasteiger partial charge in [0, 0.05) is 6.61 Å². The second-order valence-electron chi connectivity index (χ2n) is 4.89. The van der Waals surface area contributed by atoms with Crippen LogP contribution in [0.5, 0.6) is 5.75 Å². The molecule has 0 aromatic heterocycles. The lowest BCUT2D eigenvalue weighted by molar-refractivity contribution is 0.222. The Labute approximate surface area is 105 Å². The van der Waals surface area contributed by atoms with Crippen molar-refractivity contribution in [2.45, 2.75) is 39.5 Å². The highest BCUT2D eigenvalue weighted by atomic mass is 16.5. The summed E-state index contributed by atoms with van der Waals surface area (Å²) in [6.07, 6.45) is 1.95. The van der Waals surface area contributed by atoms with Crippen LogP contribution in [-0.2, 0) is 6.42 Å². The second-order valence-corrected chi connectivity index (χ2v) is 4.89. The van der Waals surface area contributed by atoms with Crippen LogP contribution in [0.4, 0.5) is 0 Å². The van der Waals surface area contributed by atoms with Crippen molar-refractivity contribution in [3.8, 4) is 5.75 Å². The van der Waals surface area contributed by atoms with E-state index < -0.39 is 0 Å². The Hall–Kier alpha value is -1.02. The SMILES string of the molecule is CCC(CO)Cc1ccc(OC)c(C(C)C)c1. The Morgan fingerprint density at radius 2 is 2.00 bits per heavy atom. The fraction of sp³-hybridized carbons (Fsp3) is 0.600. The van der Waals surface area contributed by atoms with Gasteiger partial charge in [-0.05, 0) is 35.4 Å². The van der Waals surface area contributed by atoms with Crippen molar-refractivity contribution < 1.29 is 9.84 Å². The van der Waals surface area contributed by atoms with Gasteiger partial charge in [-0.2, -0.15) is 0 Å². The first kappa shape index (κ1) is 14.0. The van der Waals surface area contributed by atoms with Crippen LogP contribution < -0.4 is 4.74 Å². The van der Waals surface area contributed by atoms with E-state index in [1.165, 1.54) is 11.1 Å². The van der Waals surface area contributed by atoms with E-state index in [1.54, 1.807) is 7.11 Å². The van der Waals surface area contributed by atoms with E-state index in [4.69, 9.17) is 4.74 Å². The zero-order valence-corrected chi connectivity index (χ0v) is 11.4. The minimum atomic E-state index is 0.263. The summed E-state index contributed by atoms with van der Waals surface area (Å²) in [5, 5.41) is 9.24. The molecule has 1 atom stereocenters. The molecule has 1 unspecified atom stereocenters. The topological polar surface area (TPSA) is 29.5 Å². The normalized spacial score (nSPS) is 12.8. The number of methoxy groups -OCH3 is 1. The molecule has 1 aromatic rings. The second kappa shape index (κ2) is 6.65. The quantitative estimate of drug-likeness (QED) is 0.820. The Balaban J connectivity index is 2.91. The van der Waals surface area contributed by atoms with Crippen LogP contribution in [0.1, 0.15) is 44.2 Å². The van der Waals surface area contributed by atoms with Gasteiger partial charge in [0.15, 0.2) is 0 Å². The van der Waals surface area contributed by atoms with Gasteiger partial charge in [-0.1, -0.05) is 39.3 Å². The molecule has 0 saturated heterocycles.